The first kappa shape index (κ1) is 26.6. The lowest BCUT2D eigenvalue weighted by atomic mass is 9.88. The van der Waals surface area contributed by atoms with Crippen LogP contribution in [0.4, 0.5) is 10.1 Å². The van der Waals surface area contributed by atoms with E-state index in [0.29, 0.717) is 13.1 Å². The van der Waals surface area contributed by atoms with Crippen molar-refractivity contribution in [2.45, 2.75) is 38.1 Å². The van der Waals surface area contributed by atoms with Crippen molar-refractivity contribution in [2.24, 2.45) is 0 Å². The van der Waals surface area contributed by atoms with Gasteiger partial charge in [0.1, 0.15) is 5.82 Å². The summed E-state index contributed by atoms with van der Waals surface area (Å²) in [5.74, 6) is -0.858. The molecule has 0 bridgehead atoms. The van der Waals surface area contributed by atoms with Crippen LogP contribution in [-0.2, 0) is 11.3 Å². The number of fused-ring (bicyclic) bond motifs is 1. The molecule has 8 heteroatoms. The third-order valence-corrected chi connectivity index (χ3v) is 7.54. The number of nitro benzene ring substituents is 1. The van der Waals surface area contributed by atoms with Gasteiger partial charge in [-0.15, -0.1) is 0 Å². The summed E-state index contributed by atoms with van der Waals surface area (Å²) in [6, 6.07) is 21.0. The minimum atomic E-state index is -0.405. The Morgan fingerprint density at radius 2 is 1.74 bits per heavy atom. The predicted octanol–water partition coefficient (Wildman–Crippen LogP) is 5.86. The molecule has 1 aromatic heterocycles. The van der Waals surface area contributed by atoms with Gasteiger partial charge in [-0.25, -0.2) is 4.39 Å². The second-order valence-corrected chi connectivity index (χ2v) is 10.2. The Morgan fingerprint density at radius 3 is 2.46 bits per heavy atom. The van der Waals surface area contributed by atoms with Gasteiger partial charge in [0.25, 0.3) is 5.69 Å². The van der Waals surface area contributed by atoms with Gasteiger partial charge < -0.3 is 14.8 Å². The lowest BCUT2D eigenvalue weighted by Crippen LogP contribution is -2.38. The molecule has 5 rings (SSSR count). The van der Waals surface area contributed by atoms with E-state index >= 15 is 0 Å². The van der Waals surface area contributed by atoms with E-state index in [-0.39, 0.29) is 23.8 Å². The number of likely N-dealkylation sites (tertiary alicyclic amines) is 1. The molecule has 1 fully saturated rings. The molecule has 39 heavy (non-hydrogen) atoms. The number of nitrogens with one attached hydrogen (secondary N) is 1. The zero-order valence-corrected chi connectivity index (χ0v) is 21.9. The number of benzene rings is 3. The Balaban J connectivity index is 1.48. The van der Waals surface area contributed by atoms with Gasteiger partial charge in [0.2, 0.25) is 5.91 Å². The van der Waals surface area contributed by atoms with Crippen molar-refractivity contribution < 1.29 is 14.1 Å². The van der Waals surface area contributed by atoms with E-state index in [0.717, 1.165) is 47.2 Å². The summed E-state index contributed by atoms with van der Waals surface area (Å²) in [6.45, 7) is 4.08. The fourth-order valence-corrected chi connectivity index (χ4v) is 5.51. The van der Waals surface area contributed by atoms with E-state index in [9.17, 15) is 19.3 Å². The number of hydrogen-bond donors (Lipinski definition) is 1. The average molecular weight is 529 g/mol. The van der Waals surface area contributed by atoms with Gasteiger partial charge >= 0.3 is 0 Å². The van der Waals surface area contributed by atoms with Crippen LogP contribution in [0.25, 0.3) is 10.9 Å². The van der Waals surface area contributed by atoms with Gasteiger partial charge in [-0.3, -0.25) is 14.9 Å². The number of hydrogen-bond acceptors (Lipinski definition) is 4. The van der Waals surface area contributed by atoms with Crippen molar-refractivity contribution in [3.8, 4) is 0 Å². The summed E-state index contributed by atoms with van der Waals surface area (Å²) in [7, 11) is 0. The van der Waals surface area contributed by atoms with Crippen LogP contribution in [0.15, 0.2) is 79.0 Å². The molecule has 1 aliphatic rings. The second-order valence-electron chi connectivity index (χ2n) is 10.2. The van der Waals surface area contributed by atoms with E-state index in [1.807, 2.05) is 36.5 Å². The number of carbonyl (C=O) groups excluding carboxylic acids is 1. The number of halogens is 1. The number of nitro groups is 1. The number of carbonyl (C=O) groups is 1. The second kappa shape index (κ2) is 12.2. The molecule has 1 amide bonds. The first-order chi connectivity index (χ1) is 19.0. The highest BCUT2D eigenvalue weighted by atomic mass is 19.1. The number of aromatic nitrogens is 1. The third kappa shape index (κ3) is 6.52. The SMILES string of the molecule is O=C(C[C@@H](c1ccc(F)cc1)c1cn(Cc2ccccc2)c2ccc([N+](=O)[O-])cc12)NCCN1CCCCC1. The molecule has 0 radical (unpaired) electrons. The largest absolute Gasteiger partial charge is 0.355 e. The van der Waals surface area contributed by atoms with E-state index in [1.165, 1.54) is 37.5 Å². The highest BCUT2D eigenvalue weighted by Gasteiger charge is 2.24. The van der Waals surface area contributed by atoms with Gasteiger partial charge in [0.05, 0.1) is 4.92 Å². The predicted molar refractivity (Wildman–Crippen MR) is 150 cm³/mol. The molecule has 1 saturated heterocycles. The molecule has 0 saturated carbocycles. The maximum Gasteiger partial charge on any atom is 0.270 e. The summed E-state index contributed by atoms with van der Waals surface area (Å²) in [5, 5.41) is 15.4. The fraction of sp³-hybridized carbons (Fsp3) is 0.323. The van der Waals surface area contributed by atoms with Crippen molar-refractivity contribution in [1.82, 2.24) is 14.8 Å². The quantitative estimate of drug-likeness (QED) is 0.207. The zero-order chi connectivity index (χ0) is 27.2. The van der Waals surface area contributed by atoms with Crippen LogP contribution in [-0.4, -0.2) is 46.5 Å². The van der Waals surface area contributed by atoms with Crippen molar-refractivity contribution >= 4 is 22.5 Å². The number of amides is 1. The van der Waals surface area contributed by atoms with E-state index in [1.54, 1.807) is 24.3 Å². The summed E-state index contributed by atoms with van der Waals surface area (Å²) >= 11 is 0. The minimum absolute atomic E-state index is 0.00921. The molecule has 3 aromatic carbocycles. The molecule has 0 unspecified atom stereocenters. The highest BCUT2D eigenvalue weighted by molar-refractivity contribution is 5.88. The molecule has 1 aliphatic heterocycles. The maximum absolute atomic E-state index is 13.8. The molecule has 1 N–H and O–H groups in total. The molecule has 1 atom stereocenters. The van der Waals surface area contributed by atoms with Gasteiger partial charge in [-0.05, 0) is 60.8 Å². The van der Waals surface area contributed by atoms with E-state index < -0.39 is 10.8 Å². The Hall–Kier alpha value is -4.04. The lowest BCUT2D eigenvalue weighted by Gasteiger charge is -2.26. The third-order valence-electron chi connectivity index (χ3n) is 7.54. The zero-order valence-electron chi connectivity index (χ0n) is 21.9. The molecule has 0 spiro atoms. The van der Waals surface area contributed by atoms with Gasteiger partial charge in [0.15, 0.2) is 0 Å². The Bertz CT molecular complexity index is 1430. The van der Waals surface area contributed by atoms with Gasteiger partial charge in [-0.1, -0.05) is 48.9 Å². The lowest BCUT2D eigenvalue weighted by molar-refractivity contribution is -0.384. The summed E-state index contributed by atoms with van der Waals surface area (Å²) in [5.41, 5.74) is 3.52. The average Bonchev–Trinajstić information content (AvgIpc) is 3.30. The normalized spacial score (nSPS) is 14.8. The first-order valence-electron chi connectivity index (χ1n) is 13.5. The molecule has 2 heterocycles. The molecular weight excluding hydrogens is 495 g/mol. The highest BCUT2D eigenvalue weighted by Crippen LogP contribution is 2.37. The van der Waals surface area contributed by atoms with Crippen molar-refractivity contribution in [1.29, 1.82) is 0 Å². The van der Waals surface area contributed by atoms with Crippen LogP contribution in [0.3, 0.4) is 0 Å². The van der Waals surface area contributed by atoms with Gasteiger partial charge in [-0.2, -0.15) is 0 Å². The molecule has 4 aromatic rings. The summed E-state index contributed by atoms with van der Waals surface area (Å²) in [6.07, 6.45) is 5.78. The van der Waals surface area contributed by atoms with Crippen LogP contribution >= 0.6 is 0 Å². The Kier molecular flexibility index (Phi) is 8.32. The summed E-state index contributed by atoms with van der Waals surface area (Å²) in [4.78, 5) is 26.8. The Labute approximate surface area is 227 Å². The molecular formula is C31H33FN4O3. The Morgan fingerprint density at radius 1 is 1.00 bits per heavy atom. The number of nitrogens with zero attached hydrogens (tertiary/aromatic N) is 3. The van der Waals surface area contributed by atoms with Crippen LogP contribution in [0.1, 0.15) is 48.3 Å². The molecule has 0 aliphatic carbocycles. The number of non-ortho nitro benzene ring substituents is 1. The minimum Gasteiger partial charge on any atom is -0.355 e. The monoisotopic (exact) mass is 528 g/mol. The van der Waals surface area contributed by atoms with Crippen LogP contribution in [0.2, 0.25) is 0 Å². The first-order valence-corrected chi connectivity index (χ1v) is 13.5. The van der Waals surface area contributed by atoms with Gasteiger partial charge in [0, 0.05) is 61.2 Å². The molecule has 202 valence electrons. The molecule has 7 nitrogen and oxygen atoms in total. The maximum atomic E-state index is 13.8. The van der Waals surface area contributed by atoms with Crippen LogP contribution in [0.5, 0.6) is 0 Å². The van der Waals surface area contributed by atoms with Crippen LogP contribution in [0, 0.1) is 15.9 Å². The topological polar surface area (TPSA) is 80.4 Å². The van der Waals surface area contributed by atoms with Crippen molar-refractivity contribution in [2.75, 3.05) is 26.2 Å². The van der Waals surface area contributed by atoms with Crippen molar-refractivity contribution in [3.63, 3.8) is 0 Å². The van der Waals surface area contributed by atoms with Crippen LogP contribution < -0.4 is 5.32 Å². The number of piperidine rings is 1. The standard InChI is InChI=1S/C31H33FN4O3/c32-25-11-9-24(10-12-25)27(20-31(37)33-15-18-34-16-5-2-6-17-34)29-22-35(21-23-7-3-1-4-8-23)30-14-13-26(36(38)39)19-28(29)30/h1,3-4,7-14,19,22,27H,2,5-6,15-18,20-21H2,(H,33,37)/t27-/m0/s1. The van der Waals surface area contributed by atoms with E-state index in [4.69, 9.17) is 0 Å². The van der Waals surface area contributed by atoms with E-state index in [2.05, 4.69) is 14.8 Å². The fourth-order valence-electron chi connectivity index (χ4n) is 5.51. The smallest absolute Gasteiger partial charge is 0.270 e. The summed E-state index contributed by atoms with van der Waals surface area (Å²) < 4.78 is 15.9. The number of rotatable bonds is 10. The van der Waals surface area contributed by atoms with Crippen molar-refractivity contribution in [3.05, 3.63) is 112 Å².